The normalized spacial score (nSPS) is 53.9. The number of hydrogen-bond donors (Lipinski definition) is 1. The molecule has 0 aliphatic heterocycles. The van der Waals surface area contributed by atoms with Crippen molar-refractivity contribution >= 4 is 5.78 Å². The molecule has 2 unspecified atom stereocenters. The summed E-state index contributed by atoms with van der Waals surface area (Å²) in [5.74, 6) is 2.72. The van der Waals surface area contributed by atoms with Crippen LogP contribution in [0.3, 0.4) is 0 Å². The molecule has 1 N–H and O–H groups in total. The molecule has 120 valence electrons. The third-order valence-electron chi connectivity index (χ3n) is 7.84. The number of aliphatic hydroxyl groups excluding tert-OH is 1. The molecule has 0 aromatic rings. The van der Waals surface area contributed by atoms with Gasteiger partial charge >= 0.3 is 0 Å². The molecule has 7 atom stereocenters. The Kier molecular flexibility index (Phi) is 3.05. The van der Waals surface area contributed by atoms with Gasteiger partial charge in [0.2, 0.25) is 0 Å². The van der Waals surface area contributed by atoms with Crippen LogP contribution in [0.1, 0.15) is 52.4 Å². The summed E-state index contributed by atoms with van der Waals surface area (Å²) < 4.78 is 0. The molecule has 0 amide bonds. The number of carbonyl (C=O) groups is 1. The van der Waals surface area contributed by atoms with E-state index in [2.05, 4.69) is 26.5 Å². The molecule has 4 aliphatic carbocycles. The van der Waals surface area contributed by atoms with E-state index in [9.17, 15) is 9.90 Å². The highest BCUT2D eigenvalue weighted by Gasteiger charge is 2.60. The van der Waals surface area contributed by atoms with Gasteiger partial charge in [-0.05, 0) is 61.2 Å². The van der Waals surface area contributed by atoms with Crippen LogP contribution in [0, 0.1) is 34.5 Å². The molecule has 3 fully saturated rings. The maximum Gasteiger partial charge on any atom is 0.139 e. The maximum atomic E-state index is 12.4. The number of allylic oxidation sites excluding steroid dienone is 2. The van der Waals surface area contributed by atoms with Gasteiger partial charge < -0.3 is 5.11 Å². The van der Waals surface area contributed by atoms with Crippen LogP contribution in [0.2, 0.25) is 0 Å². The molecular formula is C20H28O2. The molecule has 0 aromatic heterocycles. The smallest absolute Gasteiger partial charge is 0.139 e. The second kappa shape index (κ2) is 4.56. The SMILES string of the molecule is C=C1C[C@@H]2[C@H](CC[C@]3(C)C(=O)CC[C@@H]23)[C@@]2(C)C=CC(O)CC12. The highest BCUT2D eigenvalue weighted by Crippen LogP contribution is 2.65. The van der Waals surface area contributed by atoms with E-state index < -0.39 is 0 Å². The van der Waals surface area contributed by atoms with Gasteiger partial charge in [-0.25, -0.2) is 0 Å². The molecule has 0 aromatic carbocycles. The first-order chi connectivity index (χ1) is 10.4. The first-order valence-corrected chi connectivity index (χ1v) is 8.94. The minimum atomic E-state index is -0.312. The number of aliphatic hydroxyl groups is 1. The Morgan fingerprint density at radius 2 is 2.05 bits per heavy atom. The Labute approximate surface area is 133 Å². The number of carbonyl (C=O) groups excluding carboxylic acids is 1. The van der Waals surface area contributed by atoms with Gasteiger partial charge in [0.1, 0.15) is 5.78 Å². The zero-order chi connectivity index (χ0) is 15.7. The van der Waals surface area contributed by atoms with Crippen molar-refractivity contribution in [1.29, 1.82) is 0 Å². The van der Waals surface area contributed by atoms with E-state index in [4.69, 9.17) is 0 Å². The Hall–Kier alpha value is -0.890. The van der Waals surface area contributed by atoms with Crippen molar-refractivity contribution < 1.29 is 9.90 Å². The standard InChI is InChI=1S/C20H28O2/c1-12-10-14-15-4-5-18(22)20(15,3)9-7-16(14)19(2)8-6-13(21)11-17(12)19/h6,8,13-17,21H,1,4-5,7,9-11H2,2-3H3/t13?,14-,15-,16-,17?,19+,20-/m0/s1. The Morgan fingerprint density at radius 3 is 2.82 bits per heavy atom. The van der Waals surface area contributed by atoms with Crippen LogP contribution in [0.15, 0.2) is 24.3 Å². The molecule has 0 radical (unpaired) electrons. The molecule has 0 heterocycles. The summed E-state index contributed by atoms with van der Waals surface area (Å²) in [5.41, 5.74) is 1.38. The van der Waals surface area contributed by atoms with Crippen molar-refractivity contribution in [3.8, 4) is 0 Å². The molecule has 0 spiro atoms. The summed E-state index contributed by atoms with van der Waals surface area (Å²) in [5, 5.41) is 10.0. The van der Waals surface area contributed by atoms with Crippen LogP contribution in [-0.4, -0.2) is 17.0 Å². The van der Waals surface area contributed by atoms with E-state index in [1.165, 1.54) is 5.57 Å². The van der Waals surface area contributed by atoms with E-state index in [1.807, 2.05) is 6.08 Å². The van der Waals surface area contributed by atoms with Gasteiger partial charge in [0.25, 0.3) is 0 Å². The Bertz CT molecular complexity index is 562. The van der Waals surface area contributed by atoms with Gasteiger partial charge in [-0.15, -0.1) is 0 Å². The topological polar surface area (TPSA) is 37.3 Å². The van der Waals surface area contributed by atoms with Crippen molar-refractivity contribution in [2.24, 2.45) is 34.5 Å². The van der Waals surface area contributed by atoms with Gasteiger partial charge in [0, 0.05) is 11.8 Å². The molecule has 2 nitrogen and oxygen atoms in total. The zero-order valence-corrected chi connectivity index (χ0v) is 13.8. The van der Waals surface area contributed by atoms with Gasteiger partial charge in [0.15, 0.2) is 0 Å². The van der Waals surface area contributed by atoms with E-state index in [-0.39, 0.29) is 16.9 Å². The van der Waals surface area contributed by atoms with Gasteiger partial charge in [-0.3, -0.25) is 4.79 Å². The lowest BCUT2D eigenvalue weighted by Crippen LogP contribution is -2.53. The van der Waals surface area contributed by atoms with Gasteiger partial charge in [-0.1, -0.05) is 38.2 Å². The second-order valence-corrected chi connectivity index (χ2v) is 8.74. The molecule has 0 bridgehead atoms. The van der Waals surface area contributed by atoms with E-state index in [0.29, 0.717) is 29.5 Å². The summed E-state index contributed by atoms with van der Waals surface area (Å²) in [7, 11) is 0. The van der Waals surface area contributed by atoms with Crippen LogP contribution in [-0.2, 0) is 4.79 Å². The first-order valence-electron chi connectivity index (χ1n) is 8.94. The van der Waals surface area contributed by atoms with E-state index >= 15 is 0 Å². The predicted octanol–water partition coefficient (Wildman–Crippen LogP) is 3.90. The summed E-state index contributed by atoms with van der Waals surface area (Å²) >= 11 is 0. The highest BCUT2D eigenvalue weighted by molar-refractivity contribution is 5.87. The minimum absolute atomic E-state index is 0.0669. The lowest BCUT2D eigenvalue weighted by molar-refractivity contribution is -0.133. The Morgan fingerprint density at radius 1 is 1.27 bits per heavy atom. The summed E-state index contributed by atoms with van der Waals surface area (Å²) in [6.45, 7) is 8.99. The summed E-state index contributed by atoms with van der Waals surface area (Å²) in [4.78, 5) is 12.4. The Balaban J connectivity index is 1.74. The quantitative estimate of drug-likeness (QED) is 0.689. The molecule has 3 saturated carbocycles. The average Bonchev–Trinajstić information content (AvgIpc) is 2.77. The number of Topliss-reactive ketones (excluding diaryl/α,β-unsaturated/α-hetero) is 1. The van der Waals surface area contributed by atoms with E-state index in [1.54, 1.807) is 0 Å². The third kappa shape index (κ3) is 1.73. The van der Waals surface area contributed by atoms with Gasteiger partial charge in [0.05, 0.1) is 6.10 Å². The van der Waals surface area contributed by atoms with Crippen molar-refractivity contribution in [3.05, 3.63) is 24.3 Å². The van der Waals surface area contributed by atoms with Crippen molar-refractivity contribution in [1.82, 2.24) is 0 Å². The zero-order valence-electron chi connectivity index (χ0n) is 13.8. The number of rotatable bonds is 0. The monoisotopic (exact) mass is 300 g/mol. The van der Waals surface area contributed by atoms with Crippen LogP contribution in [0.5, 0.6) is 0 Å². The largest absolute Gasteiger partial charge is 0.389 e. The molecule has 2 heteroatoms. The van der Waals surface area contributed by atoms with Gasteiger partial charge in [-0.2, -0.15) is 0 Å². The van der Waals surface area contributed by atoms with Crippen LogP contribution >= 0.6 is 0 Å². The fraction of sp³-hybridized carbons (Fsp3) is 0.750. The molecule has 4 aliphatic rings. The fourth-order valence-electron chi connectivity index (χ4n) is 6.56. The maximum absolute atomic E-state index is 12.4. The van der Waals surface area contributed by atoms with E-state index in [0.717, 1.165) is 38.5 Å². The summed E-state index contributed by atoms with van der Waals surface area (Å²) in [6, 6.07) is 0. The average molecular weight is 300 g/mol. The summed E-state index contributed by atoms with van der Waals surface area (Å²) in [6.07, 6.45) is 9.95. The third-order valence-corrected chi connectivity index (χ3v) is 7.84. The van der Waals surface area contributed by atoms with Crippen LogP contribution in [0.4, 0.5) is 0 Å². The highest BCUT2D eigenvalue weighted by atomic mass is 16.3. The second-order valence-electron chi connectivity index (χ2n) is 8.74. The van der Waals surface area contributed by atoms with Crippen molar-refractivity contribution in [3.63, 3.8) is 0 Å². The lowest BCUT2D eigenvalue weighted by Gasteiger charge is -2.59. The number of ketones is 1. The van der Waals surface area contributed by atoms with Crippen molar-refractivity contribution in [2.75, 3.05) is 0 Å². The predicted molar refractivity (Wildman–Crippen MR) is 87.2 cm³/mol. The first kappa shape index (κ1) is 14.7. The number of fused-ring (bicyclic) bond motifs is 5. The molecule has 0 saturated heterocycles. The van der Waals surface area contributed by atoms with Crippen LogP contribution < -0.4 is 0 Å². The lowest BCUT2D eigenvalue weighted by atomic mass is 9.45. The van der Waals surface area contributed by atoms with Crippen molar-refractivity contribution in [2.45, 2.75) is 58.5 Å². The molecular weight excluding hydrogens is 272 g/mol. The fourth-order valence-corrected chi connectivity index (χ4v) is 6.56. The number of hydrogen-bond acceptors (Lipinski definition) is 2. The van der Waals surface area contributed by atoms with Crippen LogP contribution in [0.25, 0.3) is 0 Å². The molecule has 22 heavy (non-hydrogen) atoms. The molecule has 4 rings (SSSR count). The minimum Gasteiger partial charge on any atom is -0.389 e.